The average molecular weight is 204 g/mol. The summed E-state index contributed by atoms with van der Waals surface area (Å²) in [5.41, 5.74) is 0.237. The summed E-state index contributed by atoms with van der Waals surface area (Å²) in [7, 11) is 0. The van der Waals surface area contributed by atoms with Crippen molar-refractivity contribution in [2.45, 2.75) is 0 Å². The van der Waals surface area contributed by atoms with Crippen LogP contribution >= 0.6 is 0 Å². The maximum Gasteiger partial charge on any atom is 0.310 e. The Balaban J connectivity index is 2.14. The maximum atomic E-state index is 10.6. The highest BCUT2D eigenvalue weighted by Gasteiger charge is 2.34. The highest BCUT2D eigenvalue weighted by atomic mass is 16.4. The summed E-state index contributed by atoms with van der Waals surface area (Å²) in [4.78, 5) is 20.2. The largest absolute Gasteiger partial charge is 0.481 e. The number of nitriles is 1. The van der Waals surface area contributed by atoms with Gasteiger partial charge in [-0.3, -0.25) is 4.79 Å². The van der Waals surface area contributed by atoms with E-state index in [0.717, 1.165) is 0 Å². The van der Waals surface area contributed by atoms with Crippen LogP contribution in [-0.4, -0.2) is 34.1 Å². The standard InChI is InChI=1S/C9H8N4O2/c10-3-7-8(12-2-1-11-7)13-4-6(5-13)9(14)15/h1-2,6H,4-5H2,(H,14,15). The molecule has 2 rings (SSSR count). The number of carboxylic acid groups (broad SMARTS) is 1. The predicted molar refractivity (Wildman–Crippen MR) is 50.1 cm³/mol. The Morgan fingerprint density at radius 1 is 1.53 bits per heavy atom. The zero-order valence-corrected chi connectivity index (χ0v) is 7.79. The summed E-state index contributed by atoms with van der Waals surface area (Å²) in [5, 5.41) is 17.5. The highest BCUT2D eigenvalue weighted by Crippen LogP contribution is 2.24. The minimum absolute atomic E-state index is 0.237. The van der Waals surface area contributed by atoms with Gasteiger partial charge in [-0.25, -0.2) is 9.97 Å². The van der Waals surface area contributed by atoms with Gasteiger partial charge in [0.1, 0.15) is 6.07 Å². The lowest BCUT2D eigenvalue weighted by molar-refractivity contribution is -0.142. The lowest BCUT2D eigenvalue weighted by Gasteiger charge is -2.37. The van der Waals surface area contributed by atoms with E-state index in [2.05, 4.69) is 9.97 Å². The first kappa shape index (κ1) is 9.40. The van der Waals surface area contributed by atoms with Crippen LogP contribution in [0.5, 0.6) is 0 Å². The number of aliphatic carboxylic acids is 1. The molecule has 0 saturated carbocycles. The Labute approximate surface area is 85.8 Å². The maximum absolute atomic E-state index is 10.6. The van der Waals surface area contributed by atoms with Gasteiger partial charge >= 0.3 is 5.97 Å². The number of hydrogen-bond acceptors (Lipinski definition) is 5. The van der Waals surface area contributed by atoms with Gasteiger partial charge in [-0.2, -0.15) is 5.26 Å². The molecule has 1 aromatic heterocycles. The van der Waals surface area contributed by atoms with Crippen LogP contribution in [0.25, 0.3) is 0 Å². The molecule has 0 unspecified atom stereocenters. The molecule has 0 radical (unpaired) electrons. The fourth-order valence-corrected chi connectivity index (χ4v) is 1.45. The third kappa shape index (κ3) is 1.59. The van der Waals surface area contributed by atoms with Gasteiger partial charge in [-0.15, -0.1) is 0 Å². The van der Waals surface area contributed by atoms with E-state index in [0.29, 0.717) is 18.9 Å². The van der Waals surface area contributed by atoms with Crippen LogP contribution in [0.4, 0.5) is 5.82 Å². The summed E-state index contributed by atoms with van der Waals surface area (Å²) in [6, 6.07) is 1.93. The molecule has 0 amide bonds. The topological polar surface area (TPSA) is 90.1 Å². The predicted octanol–water partition coefficient (Wildman–Crippen LogP) is -0.131. The third-order valence-electron chi connectivity index (χ3n) is 2.32. The monoisotopic (exact) mass is 204 g/mol. The second-order valence-electron chi connectivity index (χ2n) is 3.28. The SMILES string of the molecule is N#Cc1nccnc1N1CC(C(=O)O)C1. The first-order chi connectivity index (χ1) is 7.22. The van der Waals surface area contributed by atoms with Gasteiger partial charge in [0.05, 0.1) is 5.92 Å². The first-order valence-electron chi connectivity index (χ1n) is 4.41. The molecule has 1 aliphatic rings. The lowest BCUT2D eigenvalue weighted by atomic mass is 10.0. The van der Waals surface area contributed by atoms with Crippen molar-refractivity contribution >= 4 is 11.8 Å². The van der Waals surface area contributed by atoms with Crippen molar-refractivity contribution in [2.75, 3.05) is 18.0 Å². The average Bonchev–Trinajstić information content (AvgIpc) is 2.15. The van der Waals surface area contributed by atoms with Crippen molar-refractivity contribution < 1.29 is 9.90 Å². The molecule has 6 nitrogen and oxygen atoms in total. The van der Waals surface area contributed by atoms with Crippen LogP contribution in [0, 0.1) is 17.2 Å². The molecule has 1 saturated heterocycles. The van der Waals surface area contributed by atoms with E-state index in [9.17, 15) is 4.79 Å². The van der Waals surface area contributed by atoms with Crippen LogP contribution in [0.15, 0.2) is 12.4 Å². The molecule has 0 atom stereocenters. The Morgan fingerprint density at radius 2 is 2.20 bits per heavy atom. The molecule has 1 aromatic rings. The number of aromatic nitrogens is 2. The number of nitrogens with zero attached hydrogens (tertiary/aromatic N) is 4. The minimum atomic E-state index is -0.811. The van der Waals surface area contributed by atoms with Crippen molar-refractivity contribution in [2.24, 2.45) is 5.92 Å². The highest BCUT2D eigenvalue weighted by molar-refractivity contribution is 5.74. The van der Waals surface area contributed by atoms with Gasteiger partial charge in [-0.1, -0.05) is 0 Å². The lowest BCUT2D eigenvalue weighted by Crippen LogP contribution is -2.51. The zero-order chi connectivity index (χ0) is 10.8. The molecular weight excluding hydrogens is 196 g/mol. The zero-order valence-electron chi connectivity index (χ0n) is 7.79. The van der Waals surface area contributed by atoms with Gasteiger partial charge < -0.3 is 10.0 Å². The van der Waals surface area contributed by atoms with Crippen molar-refractivity contribution in [1.29, 1.82) is 5.26 Å². The van der Waals surface area contributed by atoms with E-state index in [-0.39, 0.29) is 11.6 Å². The van der Waals surface area contributed by atoms with Gasteiger partial charge in [0, 0.05) is 25.5 Å². The molecule has 1 aliphatic heterocycles. The summed E-state index contributed by atoms with van der Waals surface area (Å²) >= 11 is 0. The third-order valence-corrected chi connectivity index (χ3v) is 2.32. The van der Waals surface area contributed by atoms with E-state index in [1.54, 1.807) is 4.90 Å². The van der Waals surface area contributed by atoms with Crippen LogP contribution in [-0.2, 0) is 4.79 Å². The van der Waals surface area contributed by atoms with Crippen LogP contribution in [0.2, 0.25) is 0 Å². The van der Waals surface area contributed by atoms with Crippen molar-refractivity contribution in [3.63, 3.8) is 0 Å². The Morgan fingerprint density at radius 3 is 2.80 bits per heavy atom. The molecular formula is C9H8N4O2. The molecule has 0 bridgehead atoms. The van der Waals surface area contributed by atoms with Crippen LogP contribution < -0.4 is 4.90 Å². The van der Waals surface area contributed by atoms with E-state index >= 15 is 0 Å². The molecule has 1 N–H and O–H groups in total. The number of hydrogen-bond donors (Lipinski definition) is 1. The van der Waals surface area contributed by atoms with E-state index in [4.69, 9.17) is 10.4 Å². The van der Waals surface area contributed by atoms with E-state index < -0.39 is 5.97 Å². The summed E-state index contributed by atoms with van der Waals surface area (Å²) in [6.07, 6.45) is 2.93. The second kappa shape index (κ2) is 3.53. The number of anilines is 1. The van der Waals surface area contributed by atoms with Crippen molar-refractivity contribution in [1.82, 2.24) is 9.97 Å². The number of rotatable bonds is 2. The van der Waals surface area contributed by atoms with Gasteiger partial charge in [-0.05, 0) is 0 Å². The van der Waals surface area contributed by atoms with Crippen molar-refractivity contribution in [3.05, 3.63) is 18.1 Å². The number of carboxylic acids is 1. The molecule has 1 fully saturated rings. The van der Waals surface area contributed by atoms with Crippen LogP contribution in [0.3, 0.4) is 0 Å². The summed E-state index contributed by atoms with van der Waals surface area (Å²) in [5.74, 6) is -0.704. The molecule has 15 heavy (non-hydrogen) atoms. The van der Waals surface area contributed by atoms with Gasteiger partial charge in [0.15, 0.2) is 11.5 Å². The van der Waals surface area contributed by atoms with Gasteiger partial charge in [0.2, 0.25) is 0 Å². The second-order valence-corrected chi connectivity index (χ2v) is 3.28. The first-order valence-corrected chi connectivity index (χ1v) is 4.41. The smallest absolute Gasteiger partial charge is 0.310 e. The Hall–Kier alpha value is -2.16. The van der Waals surface area contributed by atoms with Gasteiger partial charge in [0.25, 0.3) is 0 Å². The molecule has 6 heteroatoms. The van der Waals surface area contributed by atoms with Crippen molar-refractivity contribution in [3.8, 4) is 6.07 Å². The Bertz CT molecular complexity index is 434. The fourth-order valence-electron chi connectivity index (χ4n) is 1.45. The quantitative estimate of drug-likeness (QED) is 0.721. The van der Waals surface area contributed by atoms with Crippen LogP contribution in [0.1, 0.15) is 5.69 Å². The molecule has 0 aromatic carbocycles. The van der Waals surface area contributed by atoms with E-state index in [1.165, 1.54) is 12.4 Å². The summed E-state index contributed by atoms with van der Waals surface area (Å²) < 4.78 is 0. The molecule has 76 valence electrons. The fraction of sp³-hybridized carbons (Fsp3) is 0.333. The Kier molecular flexibility index (Phi) is 2.21. The minimum Gasteiger partial charge on any atom is -0.481 e. The molecule has 0 aliphatic carbocycles. The summed E-state index contributed by atoms with van der Waals surface area (Å²) in [6.45, 7) is 0.783. The normalized spacial score (nSPS) is 15.5. The molecule has 0 spiro atoms. The van der Waals surface area contributed by atoms with E-state index in [1.807, 2.05) is 6.07 Å². The molecule has 2 heterocycles. The number of carbonyl (C=O) groups is 1.